The third-order valence-corrected chi connectivity index (χ3v) is 4.13. The molecule has 1 aliphatic rings. The lowest BCUT2D eigenvalue weighted by atomic mass is 10.1. The van der Waals surface area contributed by atoms with Gasteiger partial charge in [-0.1, -0.05) is 30.3 Å². The maximum Gasteiger partial charge on any atom is 0.321 e. The Labute approximate surface area is 99.2 Å². The minimum atomic E-state index is -0.760. The van der Waals surface area contributed by atoms with Crippen LogP contribution in [0.5, 0.6) is 0 Å². The van der Waals surface area contributed by atoms with E-state index in [1.165, 1.54) is 5.56 Å². The number of carboxylic acids is 1. The van der Waals surface area contributed by atoms with E-state index in [2.05, 4.69) is 24.4 Å². The van der Waals surface area contributed by atoms with E-state index in [4.69, 9.17) is 5.11 Å². The Morgan fingerprint density at radius 2 is 2.25 bits per heavy atom. The first-order chi connectivity index (χ1) is 7.59. The summed E-state index contributed by atoms with van der Waals surface area (Å²) in [5.74, 6) is -0.122. The van der Waals surface area contributed by atoms with Crippen LogP contribution in [0.15, 0.2) is 30.3 Å². The number of nitrogens with one attached hydrogen (secondary N) is 1. The molecular weight excluding hydrogens is 222 g/mol. The fourth-order valence-corrected chi connectivity index (χ4v) is 3.19. The van der Waals surface area contributed by atoms with Crippen molar-refractivity contribution in [3.63, 3.8) is 0 Å². The molecule has 0 bridgehead atoms. The molecule has 1 aromatic rings. The SMILES string of the molecule is CC1(Cc2ccccc2)NC(C(=O)O)CS1. The molecule has 0 saturated carbocycles. The third kappa shape index (κ3) is 2.57. The van der Waals surface area contributed by atoms with Crippen molar-refractivity contribution in [2.45, 2.75) is 24.3 Å². The largest absolute Gasteiger partial charge is 0.480 e. The third-order valence-electron chi connectivity index (χ3n) is 2.73. The summed E-state index contributed by atoms with van der Waals surface area (Å²) in [6, 6.07) is 9.73. The van der Waals surface area contributed by atoms with Crippen LogP contribution < -0.4 is 5.32 Å². The highest BCUT2D eigenvalue weighted by Crippen LogP contribution is 2.33. The zero-order chi connectivity index (χ0) is 11.6. The molecule has 1 fully saturated rings. The number of aliphatic carboxylic acids is 1. The second-order valence-electron chi connectivity index (χ2n) is 4.24. The zero-order valence-corrected chi connectivity index (χ0v) is 9.96. The van der Waals surface area contributed by atoms with Crippen molar-refractivity contribution < 1.29 is 9.90 Å². The first kappa shape index (κ1) is 11.5. The maximum absolute atomic E-state index is 10.9. The fraction of sp³-hybridized carbons (Fsp3) is 0.417. The van der Waals surface area contributed by atoms with Gasteiger partial charge in [0.2, 0.25) is 0 Å². The van der Waals surface area contributed by atoms with Crippen LogP contribution in [0.2, 0.25) is 0 Å². The molecule has 0 aliphatic carbocycles. The van der Waals surface area contributed by atoms with Crippen molar-refractivity contribution in [1.29, 1.82) is 0 Å². The van der Waals surface area contributed by atoms with Crippen LogP contribution >= 0.6 is 11.8 Å². The normalized spacial score (nSPS) is 29.2. The highest BCUT2D eigenvalue weighted by Gasteiger charge is 2.38. The van der Waals surface area contributed by atoms with Gasteiger partial charge >= 0.3 is 5.97 Å². The van der Waals surface area contributed by atoms with Gasteiger partial charge in [-0.3, -0.25) is 10.1 Å². The minimum absolute atomic E-state index is 0.162. The van der Waals surface area contributed by atoms with Gasteiger partial charge < -0.3 is 5.11 Å². The summed E-state index contributed by atoms with van der Waals surface area (Å²) < 4.78 is 0. The monoisotopic (exact) mass is 237 g/mol. The number of carbonyl (C=O) groups is 1. The minimum Gasteiger partial charge on any atom is -0.480 e. The van der Waals surface area contributed by atoms with Crippen LogP contribution in [0.4, 0.5) is 0 Å². The zero-order valence-electron chi connectivity index (χ0n) is 9.14. The fourth-order valence-electron chi connectivity index (χ4n) is 1.94. The van der Waals surface area contributed by atoms with E-state index in [0.29, 0.717) is 5.75 Å². The van der Waals surface area contributed by atoms with E-state index < -0.39 is 12.0 Å². The number of rotatable bonds is 3. The summed E-state index contributed by atoms with van der Waals surface area (Å²) in [4.78, 5) is 10.7. The number of carboxylic acid groups (broad SMARTS) is 1. The molecule has 0 aromatic heterocycles. The van der Waals surface area contributed by atoms with E-state index >= 15 is 0 Å². The Morgan fingerprint density at radius 1 is 1.56 bits per heavy atom. The molecule has 2 N–H and O–H groups in total. The van der Waals surface area contributed by atoms with Gasteiger partial charge in [0.15, 0.2) is 0 Å². The number of benzene rings is 1. The Hall–Kier alpha value is -1.00. The second kappa shape index (κ2) is 4.47. The molecule has 3 nitrogen and oxygen atoms in total. The highest BCUT2D eigenvalue weighted by molar-refractivity contribution is 8.00. The van der Waals surface area contributed by atoms with Crippen LogP contribution in [-0.4, -0.2) is 27.7 Å². The topological polar surface area (TPSA) is 49.3 Å². The summed E-state index contributed by atoms with van der Waals surface area (Å²) in [7, 11) is 0. The summed E-state index contributed by atoms with van der Waals surface area (Å²) in [5.41, 5.74) is 1.23. The molecular formula is C12H15NO2S. The smallest absolute Gasteiger partial charge is 0.321 e. The van der Waals surface area contributed by atoms with Crippen LogP contribution in [-0.2, 0) is 11.2 Å². The average Bonchev–Trinajstić information content (AvgIpc) is 2.62. The number of thioether (sulfide) groups is 1. The first-order valence-corrected chi connectivity index (χ1v) is 6.26. The van der Waals surface area contributed by atoms with Crippen LogP contribution in [0.3, 0.4) is 0 Å². The van der Waals surface area contributed by atoms with Gasteiger partial charge in [-0.15, -0.1) is 11.8 Å². The predicted octanol–water partition coefficient (Wildman–Crippen LogP) is 1.73. The molecule has 1 aromatic carbocycles. The van der Waals surface area contributed by atoms with Crippen molar-refractivity contribution in [1.82, 2.24) is 5.32 Å². The summed E-state index contributed by atoms with van der Waals surface area (Å²) in [6.45, 7) is 2.06. The second-order valence-corrected chi connectivity index (χ2v) is 5.76. The van der Waals surface area contributed by atoms with Crippen molar-refractivity contribution in [3.05, 3.63) is 35.9 Å². The van der Waals surface area contributed by atoms with Gasteiger partial charge in [0.25, 0.3) is 0 Å². The molecule has 16 heavy (non-hydrogen) atoms. The number of hydrogen-bond acceptors (Lipinski definition) is 3. The van der Waals surface area contributed by atoms with E-state index in [9.17, 15) is 4.79 Å². The van der Waals surface area contributed by atoms with Gasteiger partial charge in [0, 0.05) is 5.75 Å². The van der Waals surface area contributed by atoms with Gasteiger partial charge in [0.1, 0.15) is 6.04 Å². The molecule has 4 heteroatoms. The Balaban J connectivity index is 2.03. The van der Waals surface area contributed by atoms with E-state index in [-0.39, 0.29) is 4.87 Å². The standard InChI is InChI=1S/C12H15NO2S/c1-12(7-9-5-3-2-4-6-9)13-10(8-16-12)11(14)15/h2-6,10,13H,7-8H2,1H3,(H,14,15). The highest BCUT2D eigenvalue weighted by atomic mass is 32.2. The molecule has 0 amide bonds. The van der Waals surface area contributed by atoms with Crippen molar-refractivity contribution >= 4 is 17.7 Å². The lowest BCUT2D eigenvalue weighted by molar-refractivity contribution is -0.138. The van der Waals surface area contributed by atoms with Gasteiger partial charge in [-0.25, -0.2) is 0 Å². The molecule has 2 rings (SSSR count). The molecule has 0 spiro atoms. The molecule has 1 saturated heterocycles. The molecule has 1 heterocycles. The lowest BCUT2D eigenvalue weighted by Gasteiger charge is -2.24. The van der Waals surface area contributed by atoms with Gasteiger partial charge in [0.05, 0.1) is 4.87 Å². The Bertz CT molecular complexity index is 382. The maximum atomic E-state index is 10.9. The Morgan fingerprint density at radius 3 is 2.81 bits per heavy atom. The molecule has 1 aliphatic heterocycles. The van der Waals surface area contributed by atoms with Crippen LogP contribution in [0.1, 0.15) is 12.5 Å². The van der Waals surface area contributed by atoms with Gasteiger partial charge in [-0.2, -0.15) is 0 Å². The van der Waals surface area contributed by atoms with Crippen LogP contribution in [0, 0.1) is 0 Å². The van der Waals surface area contributed by atoms with E-state index in [1.54, 1.807) is 11.8 Å². The predicted molar refractivity (Wildman–Crippen MR) is 65.6 cm³/mol. The van der Waals surface area contributed by atoms with Crippen molar-refractivity contribution in [2.24, 2.45) is 0 Å². The number of hydrogen-bond donors (Lipinski definition) is 2. The van der Waals surface area contributed by atoms with Gasteiger partial charge in [-0.05, 0) is 18.9 Å². The summed E-state index contributed by atoms with van der Waals surface area (Å²) in [6.07, 6.45) is 0.849. The van der Waals surface area contributed by atoms with E-state index in [0.717, 1.165) is 6.42 Å². The van der Waals surface area contributed by atoms with E-state index in [1.807, 2.05) is 18.2 Å². The quantitative estimate of drug-likeness (QED) is 0.840. The lowest BCUT2D eigenvalue weighted by Crippen LogP contribution is -2.44. The molecule has 2 atom stereocenters. The first-order valence-electron chi connectivity index (χ1n) is 5.27. The molecule has 86 valence electrons. The summed E-state index contributed by atoms with van der Waals surface area (Å²) in [5, 5.41) is 12.1. The summed E-state index contributed by atoms with van der Waals surface area (Å²) >= 11 is 1.68. The molecule has 2 unspecified atom stereocenters. The van der Waals surface area contributed by atoms with Crippen LogP contribution in [0.25, 0.3) is 0 Å². The Kier molecular flexibility index (Phi) is 3.21. The molecule has 0 radical (unpaired) electrons. The van der Waals surface area contributed by atoms with Crippen molar-refractivity contribution in [2.75, 3.05) is 5.75 Å². The average molecular weight is 237 g/mol. The van der Waals surface area contributed by atoms with Crippen molar-refractivity contribution in [3.8, 4) is 0 Å².